The van der Waals surface area contributed by atoms with Crippen LogP contribution in [0, 0.1) is 0 Å². The van der Waals surface area contributed by atoms with Crippen LogP contribution in [0.4, 0.5) is 0 Å². The molecule has 1 aromatic rings. The van der Waals surface area contributed by atoms with Gasteiger partial charge in [0.2, 0.25) is 0 Å². The molecule has 0 saturated heterocycles. The summed E-state index contributed by atoms with van der Waals surface area (Å²) >= 11 is 3.40. The molecule has 80 valence electrons. The average Bonchev–Trinajstić information content (AvgIpc) is 2.16. The van der Waals surface area contributed by atoms with E-state index in [1.165, 1.54) is 5.56 Å². The predicted octanol–water partition coefficient (Wildman–Crippen LogP) is 2.54. The van der Waals surface area contributed by atoms with E-state index in [9.17, 15) is 4.79 Å². The van der Waals surface area contributed by atoms with Crippen LogP contribution in [0.15, 0.2) is 22.7 Å². The van der Waals surface area contributed by atoms with Crippen molar-refractivity contribution in [2.24, 2.45) is 0 Å². The lowest BCUT2D eigenvalue weighted by atomic mass is 9.96. The maximum absolute atomic E-state index is 10.7. The lowest BCUT2D eigenvalue weighted by molar-refractivity contribution is -0.140. The summed E-state index contributed by atoms with van der Waals surface area (Å²) in [6.45, 7) is 0.599. The number of ether oxygens (including phenoxy) is 1. The Morgan fingerprint density at radius 2 is 2.40 bits per heavy atom. The summed E-state index contributed by atoms with van der Waals surface area (Å²) < 4.78 is 6.48. The first-order valence-corrected chi connectivity index (χ1v) is 5.58. The van der Waals surface area contributed by atoms with Crippen molar-refractivity contribution in [1.29, 1.82) is 0 Å². The maximum atomic E-state index is 10.7. The second-order valence-electron chi connectivity index (χ2n) is 3.55. The molecule has 1 N–H and O–H groups in total. The van der Waals surface area contributed by atoms with Gasteiger partial charge in [-0.2, -0.15) is 0 Å². The summed E-state index contributed by atoms with van der Waals surface area (Å²) in [5.74, 6) is -0.823. The first-order chi connectivity index (χ1) is 7.16. The van der Waals surface area contributed by atoms with Crippen LogP contribution >= 0.6 is 15.9 Å². The fourth-order valence-corrected chi connectivity index (χ4v) is 2.24. The molecule has 0 saturated carbocycles. The van der Waals surface area contributed by atoms with Crippen molar-refractivity contribution in [3.8, 4) is 0 Å². The van der Waals surface area contributed by atoms with Crippen LogP contribution in [0.2, 0.25) is 0 Å². The Morgan fingerprint density at radius 3 is 3.13 bits per heavy atom. The Balaban J connectivity index is 2.30. The minimum Gasteiger partial charge on any atom is -0.481 e. The largest absolute Gasteiger partial charge is 0.481 e. The summed E-state index contributed by atoms with van der Waals surface area (Å²) in [7, 11) is 0. The Morgan fingerprint density at radius 1 is 1.60 bits per heavy atom. The second kappa shape index (κ2) is 4.33. The molecule has 0 aliphatic carbocycles. The molecule has 1 heterocycles. The lowest BCUT2D eigenvalue weighted by Gasteiger charge is -2.25. The van der Waals surface area contributed by atoms with Gasteiger partial charge >= 0.3 is 5.97 Å². The number of halogens is 1. The van der Waals surface area contributed by atoms with Crippen molar-refractivity contribution in [1.82, 2.24) is 0 Å². The zero-order chi connectivity index (χ0) is 10.8. The summed E-state index contributed by atoms with van der Waals surface area (Å²) in [5, 5.41) is 8.76. The van der Waals surface area contributed by atoms with E-state index in [0.717, 1.165) is 16.5 Å². The number of aliphatic carboxylic acids is 1. The van der Waals surface area contributed by atoms with E-state index in [1.807, 2.05) is 18.2 Å². The molecule has 0 radical (unpaired) electrons. The lowest BCUT2D eigenvalue weighted by Crippen LogP contribution is -2.18. The standard InChI is InChI=1S/C11H11BrO3/c12-8-1-2-9-7(5-8)3-4-15-10(9)6-11(13)14/h1-2,5,10H,3-4,6H2,(H,13,14)/t10-/m1/s1. The van der Waals surface area contributed by atoms with Gasteiger partial charge in [0.15, 0.2) is 0 Å². The van der Waals surface area contributed by atoms with Crippen LogP contribution in [-0.2, 0) is 16.0 Å². The molecule has 4 heteroatoms. The van der Waals surface area contributed by atoms with E-state index >= 15 is 0 Å². The SMILES string of the molecule is O=C(O)C[C@H]1OCCc2cc(Br)ccc21. The topological polar surface area (TPSA) is 46.5 Å². The Kier molecular flexibility index (Phi) is 3.07. The highest BCUT2D eigenvalue weighted by Crippen LogP contribution is 2.31. The molecular weight excluding hydrogens is 260 g/mol. The highest BCUT2D eigenvalue weighted by Gasteiger charge is 2.23. The van der Waals surface area contributed by atoms with Gasteiger partial charge in [-0.05, 0) is 29.7 Å². The van der Waals surface area contributed by atoms with Gasteiger partial charge in [-0.1, -0.05) is 22.0 Å². The van der Waals surface area contributed by atoms with Crippen molar-refractivity contribution in [2.75, 3.05) is 6.61 Å². The number of hydrogen-bond donors (Lipinski definition) is 1. The van der Waals surface area contributed by atoms with Gasteiger partial charge in [0.25, 0.3) is 0 Å². The number of fused-ring (bicyclic) bond motifs is 1. The number of carboxylic acids is 1. The van der Waals surface area contributed by atoms with Gasteiger partial charge < -0.3 is 9.84 Å². The van der Waals surface area contributed by atoms with Gasteiger partial charge in [-0.15, -0.1) is 0 Å². The average molecular weight is 271 g/mol. The monoisotopic (exact) mass is 270 g/mol. The first-order valence-electron chi connectivity index (χ1n) is 4.78. The molecule has 15 heavy (non-hydrogen) atoms. The van der Waals surface area contributed by atoms with Crippen molar-refractivity contribution in [3.63, 3.8) is 0 Å². The quantitative estimate of drug-likeness (QED) is 0.899. The minimum absolute atomic E-state index is 0.0363. The molecule has 0 unspecified atom stereocenters. The fourth-order valence-electron chi connectivity index (χ4n) is 1.83. The highest BCUT2D eigenvalue weighted by molar-refractivity contribution is 9.10. The van der Waals surface area contributed by atoms with Gasteiger partial charge in [0.1, 0.15) is 0 Å². The molecule has 1 atom stereocenters. The second-order valence-corrected chi connectivity index (χ2v) is 4.47. The van der Waals surface area contributed by atoms with Crippen molar-refractivity contribution >= 4 is 21.9 Å². The minimum atomic E-state index is -0.823. The molecule has 1 aliphatic heterocycles. The highest BCUT2D eigenvalue weighted by atomic mass is 79.9. The zero-order valence-corrected chi connectivity index (χ0v) is 9.66. The molecule has 3 nitrogen and oxygen atoms in total. The van der Waals surface area contributed by atoms with Gasteiger partial charge in [-0.3, -0.25) is 4.79 Å². The summed E-state index contributed by atoms with van der Waals surface area (Å²) in [4.78, 5) is 10.7. The molecule has 1 aliphatic rings. The van der Waals surface area contributed by atoms with Crippen molar-refractivity contribution in [2.45, 2.75) is 18.9 Å². The Labute approximate surface area is 96.2 Å². The van der Waals surface area contributed by atoms with E-state index in [-0.39, 0.29) is 12.5 Å². The zero-order valence-electron chi connectivity index (χ0n) is 8.07. The Hall–Kier alpha value is -0.870. The number of rotatable bonds is 2. The van der Waals surface area contributed by atoms with E-state index in [2.05, 4.69) is 15.9 Å². The number of benzene rings is 1. The normalized spacial score (nSPS) is 19.7. The third kappa shape index (κ3) is 2.38. The number of hydrogen-bond acceptors (Lipinski definition) is 2. The molecule has 0 aromatic heterocycles. The maximum Gasteiger partial charge on any atom is 0.306 e. The van der Waals surface area contributed by atoms with Gasteiger partial charge in [0.05, 0.1) is 19.1 Å². The first kappa shape index (κ1) is 10.6. The van der Waals surface area contributed by atoms with Crippen LogP contribution in [0.3, 0.4) is 0 Å². The molecule has 2 rings (SSSR count). The molecule has 0 bridgehead atoms. The van der Waals surface area contributed by atoms with E-state index in [1.54, 1.807) is 0 Å². The van der Waals surface area contributed by atoms with Crippen LogP contribution < -0.4 is 0 Å². The summed E-state index contributed by atoms with van der Waals surface area (Å²) in [6.07, 6.45) is 0.596. The van der Waals surface area contributed by atoms with E-state index in [4.69, 9.17) is 9.84 Å². The molecule has 0 fully saturated rings. The molecular formula is C11H11BrO3. The molecule has 0 spiro atoms. The molecule has 0 amide bonds. The summed E-state index contributed by atoms with van der Waals surface area (Å²) in [5.41, 5.74) is 2.19. The van der Waals surface area contributed by atoms with Crippen LogP contribution in [0.5, 0.6) is 0 Å². The molecule has 1 aromatic carbocycles. The summed E-state index contributed by atoms with van der Waals surface area (Å²) in [6, 6.07) is 5.89. The van der Waals surface area contributed by atoms with Crippen LogP contribution in [-0.4, -0.2) is 17.7 Å². The van der Waals surface area contributed by atoms with Crippen LogP contribution in [0.25, 0.3) is 0 Å². The number of carbonyl (C=O) groups is 1. The smallest absolute Gasteiger partial charge is 0.306 e. The van der Waals surface area contributed by atoms with Crippen molar-refractivity contribution in [3.05, 3.63) is 33.8 Å². The fraction of sp³-hybridized carbons (Fsp3) is 0.364. The van der Waals surface area contributed by atoms with E-state index in [0.29, 0.717) is 6.61 Å². The third-order valence-corrected chi connectivity index (χ3v) is 3.00. The van der Waals surface area contributed by atoms with Gasteiger partial charge in [0, 0.05) is 4.47 Å². The predicted molar refractivity (Wildman–Crippen MR) is 58.8 cm³/mol. The van der Waals surface area contributed by atoms with Gasteiger partial charge in [-0.25, -0.2) is 0 Å². The number of carboxylic acid groups (broad SMARTS) is 1. The van der Waals surface area contributed by atoms with E-state index < -0.39 is 5.97 Å². The van der Waals surface area contributed by atoms with Crippen molar-refractivity contribution < 1.29 is 14.6 Å². The Bertz CT molecular complexity index is 389. The third-order valence-electron chi connectivity index (χ3n) is 2.50. The van der Waals surface area contributed by atoms with Crippen LogP contribution in [0.1, 0.15) is 23.7 Å².